The van der Waals surface area contributed by atoms with E-state index < -0.39 is 5.91 Å². The van der Waals surface area contributed by atoms with Crippen LogP contribution < -0.4 is 5.73 Å². The second-order valence-corrected chi connectivity index (χ2v) is 5.57. The van der Waals surface area contributed by atoms with Gasteiger partial charge in [0.2, 0.25) is 5.91 Å². The molecule has 1 aromatic heterocycles. The highest BCUT2D eigenvalue weighted by molar-refractivity contribution is 14.1. The Morgan fingerprint density at radius 3 is 2.76 bits per heavy atom. The largest absolute Gasteiger partial charge is 0.361 e. The van der Waals surface area contributed by atoms with Crippen LogP contribution in [0.5, 0.6) is 0 Å². The summed E-state index contributed by atoms with van der Waals surface area (Å²) in [5, 5.41) is 3.60. The molecule has 7 nitrogen and oxygen atoms in total. The molecule has 0 spiro atoms. The van der Waals surface area contributed by atoms with Gasteiger partial charge in [0.25, 0.3) is 0 Å². The van der Waals surface area contributed by atoms with Crippen LogP contribution in [0.2, 0.25) is 0 Å². The summed E-state index contributed by atoms with van der Waals surface area (Å²) in [4.78, 5) is 27.9. The van der Waals surface area contributed by atoms with E-state index in [1.165, 1.54) is 0 Å². The molecule has 2 rings (SSSR count). The Labute approximate surface area is 111 Å². The molecule has 92 valence electrons. The monoisotopic (exact) mass is 350 g/mol. The Bertz CT molecular complexity index is 484. The van der Waals surface area contributed by atoms with Gasteiger partial charge in [-0.1, -0.05) is 27.7 Å². The molecule has 0 saturated carbocycles. The van der Waals surface area contributed by atoms with E-state index >= 15 is 0 Å². The van der Waals surface area contributed by atoms with Crippen molar-refractivity contribution in [3.05, 3.63) is 11.7 Å². The zero-order valence-corrected chi connectivity index (χ0v) is 11.5. The number of carbonyl (C=O) groups is 2. The maximum atomic E-state index is 11.7. The second kappa shape index (κ2) is 3.93. The number of nitrogens with two attached hydrogens (primary N) is 1. The van der Waals surface area contributed by atoms with Crippen LogP contribution in [-0.2, 0) is 11.3 Å². The summed E-state index contributed by atoms with van der Waals surface area (Å²) in [5.74, 6) is -0.703. The summed E-state index contributed by atoms with van der Waals surface area (Å²) in [5.41, 5.74) is 4.75. The lowest BCUT2D eigenvalue weighted by molar-refractivity contribution is -0.152. The van der Waals surface area contributed by atoms with Crippen LogP contribution in [0, 0.1) is 0 Å². The number of halogens is 1. The van der Waals surface area contributed by atoms with Crippen LogP contribution in [-0.4, -0.2) is 36.3 Å². The average Bonchev–Trinajstić information content (AvgIpc) is 2.73. The molecule has 1 aliphatic rings. The number of carbonyl (C=O) groups excluding carboxylic acids is 2. The van der Waals surface area contributed by atoms with E-state index in [0.717, 1.165) is 0 Å². The molecule has 1 atom stereocenters. The van der Waals surface area contributed by atoms with Gasteiger partial charge in [-0.25, -0.2) is 0 Å². The third-order valence-corrected chi connectivity index (χ3v) is 4.83. The van der Waals surface area contributed by atoms with Crippen molar-refractivity contribution in [3.63, 3.8) is 0 Å². The molecule has 0 bridgehead atoms. The topological polar surface area (TPSA) is 102 Å². The minimum Gasteiger partial charge on any atom is -0.361 e. The summed E-state index contributed by atoms with van der Waals surface area (Å²) in [6.07, 6.45) is 0. The molecular formula is C9H11IN4O3. The molecule has 1 aliphatic heterocycles. The van der Waals surface area contributed by atoms with Crippen molar-refractivity contribution in [1.82, 2.24) is 15.0 Å². The smallest absolute Gasteiger partial charge is 0.315 e. The fourth-order valence-corrected chi connectivity index (χ4v) is 2.31. The number of primary amides is 1. The van der Waals surface area contributed by atoms with Crippen LogP contribution in [0.3, 0.4) is 0 Å². The van der Waals surface area contributed by atoms with E-state index in [9.17, 15) is 9.59 Å². The maximum Gasteiger partial charge on any atom is 0.315 e. The van der Waals surface area contributed by atoms with Gasteiger partial charge in [0.15, 0.2) is 5.82 Å². The summed E-state index contributed by atoms with van der Waals surface area (Å²) in [6.45, 7) is 4.14. The first-order valence-corrected chi connectivity index (χ1v) is 6.16. The first kappa shape index (κ1) is 12.3. The number of aromatic nitrogens is 2. The van der Waals surface area contributed by atoms with Crippen LogP contribution in [0.15, 0.2) is 4.52 Å². The zero-order valence-electron chi connectivity index (χ0n) is 9.31. The van der Waals surface area contributed by atoms with Gasteiger partial charge >= 0.3 is 11.8 Å². The number of hydrogen-bond acceptors (Lipinski definition) is 5. The van der Waals surface area contributed by atoms with Crippen molar-refractivity contribution in [3.8, 4) is 0 Å². The second-order valence-electron chi connectivity index (χ2n) is 4.32. The van der Waals surface area contributed by atoms with Crippen LogP contribution in [0.4, 0.5) is 0 Å². The molecule has 1 aromatic rings. The highest BCUT2D eigenvalue weighted by atomic mass is 127. The molecule has 0 radical (unpaired) electrons. The van der Waals surface area contributed by atoms with Crippen LogP contribution in [0.1, 0.15) is 30.4 Å². The predicted molar refractivity (Wildman–Crippen MR) is 65.3 cm³/mol. The van der Waals surface area contributed by atoms with Crippen molar-refractivity contribution in [2.45, 2.75) is 29.9 Å². The SMILES string of the molecule is CC1(C)C(I)C(=O)N1Cc1noc(C(N)=O)n1. The zero-order chi connectivity index (χ0) is 12.8. The van der Waals surface area contributed by atoms with E-state index in [2.05, 4.69) is 37.3 Å². The molecule has 0 aromatic carbocycles. The number of nitrogens with zero attached hydrogens (tertiary/aromatic N) is 3. The van der Waals surface area contributed by atoms with E-state index in [0.29, 0.717) is 0 Å². The van der Waals surface area contributed by atoms with Gasteiger partial charge in [0.1, 0.15) is 3.92 Å². The normalized spacial score (nSPS) is 22.4. The van der Waals surface area contributed by atoms with Crippen molar-refractivity contribution >= 4 is 34.4 Å². The lowest BCUT2D eigenvalue weighted by atomic mass is 9.88. The number of alkyl halides is 1. The number of likely N-dealkylation sites (tertiary alicyclic amines) is 1. The molecule has 17 heavy (non-hydrogen) atoms. The average molecular weight is 350 g/mol. The van der Waals surface area contributed by atoms with E-state index in [-0.39, 0.29) is 33.6 Å². The molecule has 1 saturated heterocycles. The number of β-lactam (4-membered cyclic amide) rings is 1. The van der Waals surface area contributed by atoms with Gasteiger partial charge in [0, 0.05) is 0 Å². The standard InChI is InChI=1S/C9H11IN4O3/c1-9(2)5(10)8(16)14(9)3-4-12-7(6(11)15)17-13-4/h5H,3H2,1-2H3,(H2,11,15). The highest BCUT2D eigenvalue weighted by Gasteiger charge is 2.52. The lowest BCUT2D eigenvalue weighted by Gasteiger charge is -2.51. The molecule has 1 fully saturated rings. The van der Waals surface area contributed by atoms with Gasteiger partial charge in [-0.05, 0) is 13.8 Å². The first-order valence-electron chi connectivity index (χ1n) is 4.92. The third-order valence-electron chi connectivity index (χ3n) is 2.78. The van der Waals surface area contributed by atoms with Gasteiger partial charge in [-0.15, -0.1) is 0 Å². The van der Waals surface area contributed by atoms with Crippen molar-refractivity contribution in [2.75, 3.05) is 0 Å². The molecule has 2 N–H and O–H groups in total. The number of hydrogen-bond donors (Lipinski definition) is 1. The fourth-order valence-electron chi connectivity index (χ4n) is 1.64. The third kappa shape index (κ3) is 1.90. The summed E-state index contributed by atoms with van der Waals surface area (Å²) in [6, 6.07) is 0. The van der Waals surface area contributed by atoms with E-state index in [4.69, 9.17) is 5.73 Å². The van der Waals surface area contributed by atoms with Crippen molar-refractivity contribution in [1.29, 1.82) is 0 Å². The minimum absolute atomic E-state index is 0.0287. The minimum atomic E-state index is -0.773. The molecule has 0 aliphatic carbocycles. The molecule has 2 heterocycles. The van der Waals surface area contributed by atoms with Gasteiger partial charge < -0.3 is 15.2 Å². The molecule has 1 unspecified atom stereocenters. The Morgan fingerprint density at radius 1 is 1.65 bits per heavy atom. The highest BCUT2D eigenvalue weighted by Crippen LogP contribution is 2.38. The molecule has 2 amide bonds. The van der Waals surface area contributed by atoms with Gasteiger partial charge in [0.05, 0.1) is 12.1 Å². The van der Waals surface area contributed by atoms with E-state index in [1.54, 1.807) is 4.90 Å². The van der Waals surface area contributed by atoms with Gasteiger partial charge in [-0.2, -0.15) is 4.98 Å². The van der Waals surface area contributed by atoms with E-state index in [1.807, 2.05) is 13.8 Å². The Morgan fingerprint density at radius 2 is 2.29 bits per heavy atom. The summed E-state index contributed by atoms with van der Waals surface area (Å²) < 4.78 is 4.60. The number of amides is 2. The van der Waals surface area contributed by atoms with Crippen LogP contribution >= 0.6 is 22.6 Å². The maximum absolute atomic E-state index is 11.7. The Hall–Kier alpha value is -1.19. The fraction of sp³-hybridized carbons (Fsp3) is 0.556. The van der Waals surface area contributed by atoms with Crippen molar-refractivity contribution < 1.29 is 14.1 Å². The van der Waals surface area contributed by atoms with Crippen molar-refractivity contribution in [2.24, 2.45) is 5.73 Å². The van der Waals surface area contributed by atoms with Crippen LogP contribution in [0.25, 0.3) is 0 Å². The molecule has 8 heteroatoms. The summed E-state index contributed by atoms with van der Waals surface area (Å²) in [7, 11) is 0. The quantitative estimate of drug-likeness (QED) is 0.473. The Balaban J connectivity index is 2.11. The number of rotatable bonds is 3. The first-order chi connectivity index (χ1) is 7.84. The summed E-state index contributed by atoms with van der Waals surface area (Å²) >= 11 is 2.11. The lowest BCUT2D eigenvalue weighted by Crippen LogP contribution is -2.68. The van der Waals surface area contributed by atoms with Gasteiger partial charge in [-0.3, -0.25) is 9.59 Å². The Kier molecular flexibility index (Phi) is 2.84. The predicted octanol–water partition coefficient (Wildman–Crippen LogP) is 0.0929. The molecular weight excluding hydrogens is 339 g/mol.